The van der Waals surface area contributed by atoms with Crippen molar-refractivity contribution in [3.63, 3.8) is 0 Å². The van der Waals surface area contributed by atoms with Crippen molar-refractivity contribution < 1.29 is 14.7 Å². The summed E-state index contributed by atoms with van der Waals surface area (Å²) < 4.78 is 1.03. The average molecular weight is 306 g/mol. The number of hydrogen-bond donors (Lipinski definition) is 3. The summed E-state index contributed by atoms with van der Waals surface area (Å²) in [6.45, 7) is 3.87. The van der Waals surface area contributed by atoms with E-state index >= 15 is 0 Å². The van der Waals surface area contributed by atoms with Crippen molar-refractivity contribution in [2.45, 2.75) is 26.3 Å². The SMILES string of the molecule is CC(C)C[C@H](NNC(=O)c1cc2ccccc2s1)C(=O)O. The Morgan fingerprint density at radius 2 is 2.00 bits per heavy atom. The van der Waals surface area contributed by atoms with E-state index in [1.165, 1.54) is 11.3 Å². The number of carbonyl (C=O) groups is 2. The van der Waals surface area contributed by atoms with Crippen LogP contribution in [0.2, 0.25) is 0 Å². The lowest BCUT2D eigenvalue weighted by atomic mass is 10.0. The molecule has 112 valence electrons. The van der Waals surface area contributed by atoms with E-state index in [0.29, 0.717) is 11.3 Å². The van der Waals surface area contributed by atoms with Crippen LogP contribution in [-0.2, 0) is 4.79 Å². The molecule has 1 aromatic heterocycles. The summed E-state index contributed by atoms with van der Waals surface area (Å²) in [5.74, 6) is -1.06. The number of carboxylic acid groups (broad SMARTS) is 1. The van der Waals surface area contributed by atoms with Gasteiger partial charge < -0.3 is 5.11 Å². The number of hydrogen-bond acceptors (Lipinski definition) is 4. The summed E-state index contributed by atoms with van der Waals surface area (Å²) in [4.78, 5) is 23.7. The summed E-state index contributed by atoms with van der Waals surface area (Å²) in [6, 6.07) is 8.73. The van der Waals surface area contributed by atoms with E-state index in [1.54, 1.807) is 6.07 Å². The van der Waals surface area contributed by atoms with Gasteiger partial charge in [0.2, 0.25) is 0 Å². The van der Waals surface area contributed by atoms with E-state index in [1.807, 2.05) is 38.1 Å². The lowest BCUT2D eigenvalue weighted by Crippen LogP contribution is -2.48. The first-order chi connectivity index (χ1) is 9.97. The largest absolute Gasteiger partial charge is 0.480 e. The number of nitrogens with one attached hydrogen (secondary N) is 2. The first-order valence-corrected chi connectivity index (χ1v) is 7.56. The lowest BCUT2D eigenvalue weighted by Gasteiger charge is -2.16. The highest BCUT2D eigenvalue weighted by atomic mass is 32.1. The zero-order chi connectivity index (χ0) is 15.4. The van der Waals surface area contributed by atoms with Gasteiger partial charge >= 0.3 is 5.97 Å². The molecule has 0 saturated heterocycles. The second-order valence-corrected chi connectivity index (χ2v) is 6.35. The Labute approximate surface area is 126 Å². The predicted molar refractivity (Wildman–Crippen MR) is 83.3 cm³/mol. The second kappa shape index (κ2) is 6.69. The highest BCUT2D eigenvalue weighted by Crippen LogP contribution is 2.24. The zero-order valence-corrected chi connectivity index (χ0v) is 12.7. The number of fused-ring (bicyclic) bond motifs is 1. The third-order valence-electron chi connectivity index (χ3n) is 3.01. The maximum atomic E-state index is 12.1. The van der Waals surface area contributed by atoms with Crippen molar-refractivity contribution in [2.75, 3.05) is 0 Å². The topological polar surface area (TPSA) is 78.4 Å². The first-order valence-electron chi connectivity index (χ1n) is 6.74. The molecule has 2 aromatic rings. The Kier molecular flexibility index (Phi) is 4.93. The van der Waals surface area contributed by atoms with Crippen LogP contribution in [0, 0.1) is 5.92 Å². The fourth-order valence-corrected chi connectivity index (χ4v) is 2.96. The minimum absolute atomic E-state index is 0.222. The van der Waals surface area contributed by atoms with Gasteiger partial charge in [0.05, 0.1) is 4.88 Å². The summed E-state index contributed by atoms with van der Waals surface area (Å²) in [5.41, 5.74) is 5.09. The molecule has 0 spiro atoms. The molecule has 0 fully saturated rings. The van der Waals surface area contributed by atoms with Gasteiger partial charge in [-0.25, -0.2) is 5.43 Å². The van der Waals surface area contributed by atoms with Crippen molar-refractivity contribution >= 4 is 33.3 Å². The molecule has 5 nitrogen and oxygen atoms in total. The standard InChI is InChI=1S/C15H18N2O3S/c1-9(2)7-11(15(19)20)16-17-14(18)13-8-10-5-3-4-6-12(10)21-13/h3-6,8-9,11,16H,7H2,1-2H3,(H,17,18)(H,19,20)/t11-/m0/s1. The number of carboxylic acids is 1. The first kappa shape index (κ1) is 15.5. The minimum atomic E-state index is -0.972. The summed E-state index contributed by atoms with van der Waals surface area (Å²) >= 11 is 1.38. The van der Waals surface area contributed by atoms with Gasteiger partial charge in [0.1, 0.15) is 6.04 Å². The molecule has 0 saturated carbocycles. The monoisotopic (exact) mass is 306 g/mol. The molecule has 2 rings (SSSR count). The van der Waals surface area contributed by atoms with Crippen molar-refractivity contribution in [1.29, 1.82) is 0 Å². The van der Waals surface area contributed by atoms with E-state index < -0.39 is 12.0 Å². The molecule has 21 heavy (non-hydrogen) atoms. The molecule has 1 atom stereocenters. The fourth-order valence-electron chi connectivity index (χ4n) is 2.00. The fraction of sp³-hybridized carbons (Fsp3) is 0.333. The van der Waals surface area contributed by atoms with E-state index in [-0.39, 0.29) is 11.8 Å². The van der Waals surface area contributed by atoms with Crippen molar-refractivity contribution in [3.05, 3.63) is 35.2 Å². The van der Waals surface area contributed by atoms with Crippen molar-refractivity contribution in [2.24, 2.45) is 5.92 Å². The summed E-state index contributed by atoms with van der Waals surface area (Å²) in [6.07, 6.45) is 0.446. The van der Waals surface area contributed by atoms with E-state index in [4.69, 9.17) is 5.11 Å². The third-order valence-corrected chi connectivity index (χ3v) is 4.13. The highest BCUT2D eigenvalue weighted by Gasteiger charge is 2.20. The maximum absolute atomic E-state index is 12.1. The Morgan fingerprint density at radius 3 is 2.62 bits per heavy atom. The van der Waals surface area contributed by atoms with Crippen LogP contribution in [0.15, 0.2) is 30.3 Å². The zero-order valence-electron chi connectivity index (χ0n) is 11.9. The number of amides is 1. The van der Waals surface area contributed by atoms with Gasteiger partial charge in [-0.2, -0.15) is 0 Å². The van der Waals surface area contributed by atoms with Crippen LogP contribution in [0.5, 0.6) is 0 Å². The maximum Gasteiger partial charge on any atom is 0.322 e. The molecule has 0 radical (unpaired) electrons. The van der Waals surface area contributed by atoms with Gasteiger partial charge in [-0.05, 0) is 29.9 Å². The molecule has 1 amide bonds. The Morgan fingerprint density at radius 1 is 1.29 bits per heavy atom. The van der Waals surface area contributed by atoms with E-state index in [0.717, 1.165) is 10.1 Å². The van der Waals surface area contributed by atoms with Crippen LogP contribution in [-0.4, -0.2) is 23.0 Å². The predicted octanol–water partition coefficient (Wildman–Crippen LogP) is 2.63. The molecular formula is C15H18N2O3S. The molecule has 0 aliphatic rings. The van der Waals surface area contributed by atoms with Gasteiger partial charge in [0.15, 0.2) is 0 Å². The Bertz CT molecular complexity index is 618. The van der Waals surface area contributed by atoms with Crippen molar-refractivity contribution in [1.82, 2.24) is 10.9 Å². The number of thiophene rings is 1. The Hall–Kier alpha value is -1.92. The molecule has 0 aliphatic heterocycles. The quantitative estimate of drug-likeness (QED) is 0.717. The molecule has 1 heterocycles. The minimum Gasteiger partial charge on any atom is -0.480 e. The molecule has 3 N–H and O–H groups in total. The van der Waals surface area contributed by atoms with E-state index in [9.17, 15) is 9.59 Å². The van der Waals surface area contributed by atoms with Crippen LogP contribution in [0.1, 0.15) is 29.9 Å². The highest BCUT2D eigenvalue weighted by molar-refractivity contribution is 7.20. The number of carbonyl (C=O) groups excluding carboxylic acids is 1. The van der Waals surface area contributed by atoms with Gasteiger partial charge in [0, 0.05) is 4.70 Å². The molecule has 6 heteroatoms. The van der Waals surface area contributed by atoms with Crippen LogP contribution in [0.4, 0.5) is 0 Å². The number of hydrazine groups is 1. The molecule has 0 unspecified atom stereocenters. The summed E-state index contributed by atoms with van der Waals surface area (Å²) in [7, 11) is 0. The van der Waals surface area contributed by atoms with Crippen LogP contribution < -0.4 is 10.9 Å². The third kappa shape index (κ3) is 4.03. The Balaban J connectivity index is 2.01. The number of benzene rings is 1. The average Bonchev–Trinajstić information content (AvgIpc) is 2.86. The molecule has 0 aliphatic carbocycles. The molecule has 0 bridgehead atoms. The van der Waals surface area contributed by atoms with Crippen LogP contribution >= 0.6 is 11.3 Å². The lowest BCUT2D eigenvalue weighted by molar-refractivity contribution is -0.140. The van der Waals surface area contributed by atoms with Gasteiger partial charge in [0.25, 0.3) is 5.91 Å². The summed E-state index contributed by atoms with van der Waals surface area (Å²) in [5, 5.41) is 10.1. The van der Waals surface area contributed by atoms with Crippen LogP contribution in [0.3, 0.4) is 0 Å². The normalized spacial score (nSPS) is 12.5. The molecule has 1 aromatic carbocycles. The van der Waals surface area contributed by atoms with Gasteiger partial charge in [-0.15, -0.1) is 11.3 Å². The number of aliphatic carboxylic acids is 1. The van der Waals surface area contributed by atoms with Gasteiger partial charge in [-0.1, -0.05) is 32.0 Å². The number of rotatable bonds is 6. The van der Waals surface area contributed by atoms with Crippen molar-refractivity contribution in [3.8, 4) is 0 Å². The van der Waals surface area contributed by atoms with Gasteiger partial charge in [-0.3, -0.25) is 15.0 Å². The van der Waals surface area contributed by atoms with E-state index in [2.05, 4.69) is 10.9 Å². The second-order valence-electron chi connectivity index (χ2n) is 5.27. The smallest absolute Gasteiger partial charge is 0.322 e. The molecular weight excluding hydrogens is 288 g/mol. The van der Waals surface area contributed by atoms with Crippen LogP contribution in [0.25, 0.3) is 10.1 Å².